The molecule has 8 N–H and O–H groups in total. The second kappa shape index (κ2) is 6.56. The summed E-state index contributed by atoms with van der Waals surface area (Å²) in [5.74, 6) is -6.84. The van der Waals surface area contributed by atoms with Gasteiger partial charge in [-0.1, -0.05) is 6.07 Å². The van der Waals surface area contributed by atoms with Crippen LogP contribution in [0.5, 0.6) is 5.75 Å². The average molecular weight is 429 g/mol. The molecular weight excluding hydrogens is 406 g/mol. The van der Waals surface area contributed by atoms with Crippen molar-refractivity contribution in [1.29, 1.82) is 0 Å². The van der Waals surface area contributed by atoms with Crippen LogP contribution in [0.15, 0.2) is 29.0 Å². The molecule has 10 heteroatoms. The number of phenolic OH excluding ortho intramolecular Hbond substituents is 1. The molecule has 31 heavy (non-hydrogen) atoms. The average Bonchev–Trinajstić information content (AvgIpc) is 2.67. The standard InChI is InChI=1S/C21H23N3O7/c1-24(2)14-9-6-8-5-7-3-4-10(22)15(25)11(7)16(26)12(8)18(28)21(9,31)19(29)13(17(14)27)20(23)30/h3-4,8-9,14,25-26,29,31H,5-6,22H2,1-2H3,(H2,23,30)/t8?,9?,14?,21-/m0/s1. The van der Waals surface area contributed by atoms with E-state index in [1.165, 1.54) is 11.0 Å². The van der Waals surface area contributed by atoms with Gasteiger partial charge in [-0.05, 0) is 44.5 Å². The number of carbonyl (C=O) groups excluding carboxylic acids is 3. The number of nitrogen functional groups attached to an aromatic ring is 1. The number of ketones is 2. The number of likely N-dealkylation sites (N-methyl/N-ethyl adjacent to an activating group) is 1. The number of aromatic hydroxyl groups is 1. The third-order valence-electron chi connectivity index (χ3n) is 6.62. The van der Waals surface area contributed by atoms with Crippen molar-refractivity contribution < 1.29 is 34.8 Å². The zero-order valence-corrected chi connectivity index (χ0v) is 16.9. The maximum Gasteiger partial charge on any atom is 0.255 e. The Morgan fingerprint density at radius 3 is 2.42 bits per heavy atom. The quantitative estimate of drug-likeness (QED) is 0.205. The zero-order chi connectivity index (χ0) is 23.0. The minimum absolute atomic E-state index is 0.00103. The summed E-state index contributed by atoms with van der Waals surface area (Å²) in [6.07, 6.45) is 0.291. The second-order valence-corrected chi connectivity index (χ2v) is 8.50. The number of hydrogen-bond acceptors (Lipinski definition) is 9. The lowest BCUT2D eigenvalue weighted by atomic mass is 9.57. The number of benzene rings is 1. The highest BCUT2D eigenvalue weighted by molar-refractivity contribution is 6.24. The van der Waals surface area contributed by atoms with Crippen LogP contribution in [-0.2, 0) is 20.8 Å². The molecule has 3 aliphatic carbocycles. The lowest BCUT2D eigenvalue weighted by Gasteiger charge is -2.50. The molecule has 1 saturated carbocycles. The predicted molar refractivity (Wildman–Crippen MR) is 109 cm³/mol. The van der Waals surface area contributed by atoms with E-state index in [2.05, 4.69) is 0 Å². The van der Waals surface area contributed by atoms with Gasteiger partial charge in [0, 0.05) is 11.5 Å². The summed E-state index contributed by atoms with van der Waals surface area (Å²) in [4.78, 5) is 39.8. The number of primary amides is 1. The first-order chi connectivity index (χ1) is 14.4. The maximum atomic E-state index is 13.5. The summed E-state index contributed by atoms with van der Waals surface area (Å²) in [5.41, 5.74) is 7.85. The van der Waals surface area contributed by atoms with Gasteiger partial charge < -0.3 is 31.9 Å². The summed E-state index contributed by atoms with van der Waals surface area (Å²) in [7, 11) is 3.10. The zero-order valence-electron chi connectivity index (χ0n) is 16.9. The van der Waals surface area contributed by atoms with Gasteiger partial charge in [0.05, 0.1) is 17.3 Å². The van der Waals surface area contributed by atoms with Crippen LogP contribution in [0.4, 0.5) is 5.69 Å². The van der Waals surface area contributed by atoms with E-state index in [0.717, 1.165) is 0 Å². The van der Waals surface area contributed by atoms with Crippen LogP contribution in [0.1, 0.15) is 17.5 Å². The molecule has 0 radical (unpaired) electrons. The highest BCUT2D eigenvalue weighted by atomic mass is 16.3. The van der Waals surface area contributed by atoms with E-state index in [1.54, 1.807) is 20.2 Å². The first-order valence-corrected chi connectivity index (χ1v) is 9.68. The van der Waals surface area contributed by atoms with Crippen LogP contribution in [0.3, 0.4) is 0 Å². The third-order valence-corrected chi connectivity index (χ3v) is 6.62. The van der Waals surface area contributed by atoms with E-state index in [1.807, 2.05) is 0 Å². The first-order valence-electron chi connectivity index (χ1n) is 9.68. The first kappa shape index (κ1) is 20.9. The third kappa shape index (κ3) is 2.55. The number of rotatable bonds is 2. The molecule has 164 valence electrons. The Balaban J connectivity index is 1.98. The Bertz CT molecular complexity index is 1120. The fourth-order valence-electron chi connectivity index (χ4n) is 5.23. The molecule has 10 nitrogen and oxygen atoms in total. The Morgan fingerprint density at radius 1 is 1.19 bits per heavy atom. The van der Waals surface area contributed by atoms with E-state index >= 15 is 0 Å². The van der Waals surface area contributed by atoms with Crippen LogP contribution in [0.2, 0.25) is 0 Å². The summed E-state index contributed by atoms with van der Waals surface area (Å²) >= 11 is 0. The number of aliphatic hydroxyl groups excluding tert-OH is 2. The predicted octanol–water partition coefficient (Wildman–Crippen LogP) is -0.454. The molecule has 0 saturated heterocycles. The lowest BCUT2D eigenvalue weighted by Crippen LogP contribution is -2.65. The molecule has 4 rings (SSSR count). The number of Topliss-reactive ketones (excluding diaryl/α,β-unsaturated/α-hetero) is 2. The number of fused-ring (bicyclic) bond motifs is 3. The minimum atomic E-state index is -2.64. The fraction of sp³-hybridized carbons (Fsp3) is 0.381. The van der Waals surface area contributed by atoms with Crippen LogP contribution < -0.4 is 11.5 Å². The molecule has 3 aliphatic rings. The highest BCUT2D eigenvalue weighted by Crippen LogP contribution is 2.52. The number of carbonyl (C=O) groups is 3. The normalized spacial score (nSPS) is 30.3. The summed E-state index contributed by atoms with van der Waals surface area (Å²) in [5, 5.41) is 43.4. The summed E-state index contributed by atoms with van der Waals surface area (Å²) in [6, 6.07) is 2.01. The number of aliphatic hydroxyl groups is 3. The van der Waals surface area contributed by atoms with Crippen molar-refractivity contribution in [3.8, 4) is 5.75 Å². The van der Waals surface area contributed by atoms with E-state index < -0.39 is 63.8 Å². The van der Waals surface area contributed by atoms with E-state index in [9.17, 15) is 34.8 Å². The molecule has 1 fully saturated rings. The molecule has 1 aromatic carbocycles. The second-order valence-electron chi connectivity index (χ2n) is 8.50. The van der Waals surface area contributed by atoms with Gasteiger partial charge >= 0.3 is 0 Å². The smallest absolute Gasteiger partial charge is 0.255 e. The van der Waals surface area contributed by atoms with E-state index in [0.29, 0.717) is 5.56 Å². The number of hydrogen-bond donors (Lipinski definition) is 6. The van der Waals surface area contributed by atoms with Gasteiger partial charge in [-0.2, -0.15) is 0 Å². The van der Waals surface area contributed by atoms with Crippen molar-refractivity contribution in [1.82, 2.24) is 4.90 Å². The van der Waals surface area contributed by atoms with Crippen LogP contribution in [0, 0.1) is 11.8 Å². The molecule has 1 aromatic rings. The van der Waals surface area contributed by atoms with Gasteiger partial charge in [0.25, 0.3) is 5.91 Å². The van der Waals surface area contributed by atoms with Crippen molar-refractivity contribution in [2.24, 2.45) is 17.6 Å². The molecule has 4 atom stereocenters. The van der Waals surface area contributed by atoms with E-state index in [-0.39, 0.29) is 29.7 Å². The van der Waals surface area contributed by atoms with Gasteiger partial charge in [0.15, 0.2) is 11.4 Å². The Hall–Kier alpha value is -3.37. The van der Waals surface area contributed by atoms with Crippen molar-refractivity contribution in [3.05, 3.63) is 40.2 Å². The number of amides is 1. The molecule has 0 spiro atoms. The number of nitrogens with zero attached hydrogens (tertiary/aromatic N) is 1. The summed E-state index contributed by atoms with van der Waals surface area (Å²) < 4.78 is 0. The minimum Gasteiger partial charge on any atom is -0.508 e. The monoisotopic (exact) mass is 429 g/mol. The topological polar surface area (TPSA) is 187 Å². The Morgan fingerprint density at radius 2 is 1.84 bits per heavy atom. The molecule has 0 aliphatic heterocycles. The Labute approximate surface area is 177 Å². The van der Waals surface area contributed by atoms with Crippen LogP contribution in [-0.4, -0.2) is 68.5 Å². The largest absolute Gasteiger partial charge is 0.508 e. The maximum absolute atomic E-state index is 13.5. The van der Waals surface area contributed by atoms with Crippen molar-refractivity contribution in [2.45, 2.75) is 24.5 Å². The Kier molecular flexibility index (Phi) is 4.42. The lowest BCUT2D eigenvalue weighted by molar-refractivity contribution is -0.153. The number of nitrogens with two attached hydrogens (primary N) is 2. The fourth-order valence-corrected chi connectivity index (χ4v) is 5.23. The van der Waals surface area contributed by atoms with Gasteiger partial charge in [-0.25, -0.2) is 0 Å². The molecule has 1 amide bonds. The van der Waals surface area contributed by atoms with Crippen LogP contribution in [0.25, 0.3) is 5.76 Å². The summed E-state index contributed by atoms with van der Waals surface area (Å²) in [6.45, 7) is 0. The van der Waals surface area contributed by atoms with Gasteiger partial charge in [0.1, 0.15) is 22.8 Å². The molecular formula is C21H23N3O7. The van der Waals surface area contributed by atoms with E-state index in [4.69, 9.17) is 11.5 Å². The number of anilines is 1. The molecule has 0 bridgehead atoms. The van der Waals surface area contributed by atoms with Crippen molar-refractivity contribution in [3.63, 3.8) is 0 Å². The van der Waals surface area contributed by atoms with Crippen molar-refractivity contribution >= 4 is 28.9 Å². The van der Waals surface area contributed by atoms with Gasteiger partial charge in [-0.15, -0.1) is 0 Å². The highest BCUT2D eigenvalue weighted by Gasteiger charge is 2.64. The molecule has 0 heterocycles. The van der Waals surface area contributed by atoms with Crippen molar-refractivity contribution in [2.75, 3.05) is 19.8 Å². The van der Waals surface area contributed by atoms with Gasteiger partial charge in [0.2, 0.25) is 5.78 Å². The molecule has 3 unspecified atom stereocenters. The van der Waals surface area contributed by atoms with Gasteiger partial charge in [-0.3, -0.25) is 19.3 Å². The van der Waals surface area contributed by atoms with Crippen LogP contribution >= 0.6 is 0 Å². The SMILES string of the molecule is CN(C)C1C(=O)C(C(N)=O)=C(O)[C@@]2(O)C(=O)C3=C(O)c4c(ccc(N)c4O)CC3CC12. The number of phenols is 1. The molecule has 0 aromatic heterocycles.